The lowest BCUT2D eigenvalue weighted by molar-refractivity contribution is -0.141. The molecular formula is C14H16N2O4S. The quantitative estimate of drug-likeness (QED) is 0.634. The number of aryl methyl sites for hydroxylation is 1. The van der Waals surface area contributed by atoms with Crippen molar-refractivity contribution < 1.29 is 19.4 Å². The first kappa shape index (κ1) is 16.9. The van der Waals surface area contributed by atoms with Gasteiger partial charge in [0, 0.05) is 17.5 Å². The number of carbonyl (C=O) groups is 2. The molecule has 0 saturated carbocycles. The number of nitrogens with one attached hydrogen (secondary N) is 1. The topological polar surface area (TPSA) is 88.5 Å². The van der Waals surface area contributed by atoms with E-state index in [4.69, 9.17) is 6.42 Å². The van der Waals surface area contributed by atoms with Crippen LogP contribution in [0.5, 0.6) is 5.75 Å². The molecule has 0 aliphatic heterocycles. The summed E-state index contributed by atoms with van der Waals surface area (Å²) in [5.41, 5.74) is 1.35. The number of aromatic hydroxyl groups is 1. The van der Waals surface area contributed by atoms with Gasteiger partial charge in [0.1, 0.15) is 12.3 Å². The first-order chi connectivity index (χ1) is 9.99. The molecule has 0 aromatic carbocycles. The van der Waals surface area contributed by atoms with E-state index >= 15 is 0 Å². The van der Waals surface area contributed by atoms with E-state index in [1.54, 1.807) is 13.8 Å². The lowest BCUT2D eigenvalue weighted by atomic mass is 10.1. The molecule has 1 aromatic heterocycles. The van der Waals surface area contributed by atoms with Gasteiger partial charge in [0.05, 0.1) is 17.9 Å². The Morgan fingerprint density at radius 2 is 2.29 bits per heavy atom. The number of carbonyl (C=O) groups excluding carboxylic acids is 2. The van der Waals surface area contributed by atoms with Crippen LogP contribution in [0.2, 0.25) is 0 Å². The Balaban J connectivity index is 2.60. The largest absolute Gasteiger partial charge is 0.506 e. The van der Waals surface area contributed by atoms with E-state index in [-0.39, 0.29) is 24.7 Å². The summed E-state index contributed by atoms with van der Waals surface area (Å²) in [5.74, 6) is 2.08. The average Bonchev–Trinajstić information content (AvgIpc) is 2.47. The number of ether oxygens (including phenoxy) is 1. The monoisotopic (exact) mass is 308 g/mol. The molecule has 1 heterocycles. The van der Waals surface area contributed by atoms with E-state index in [1.165, 1.54) is 6.20 Å². The number of esters is 1. The minimum absolute atomic E-state index is 0.0175. The fourth-order valence-corrected chi connectivity index (χ4v) is 2.20. The molecule has 1 amide bonds. The Morgan fingerprint density at radius 3 is 2.90 bits per heavy atom. The Kier molecular flexibility index (Phi) is 6.56. The van der Waals surface area contributed by atoms with Crippen LogP contribution in [-0.2, 0) is 15.3 Å². The fraction of sp³-hybridized carbons (Fsp3) is 0.357. The molecule has 0 aliphatic carbocycles. The highest BCUT2D eigenvalue weighted by atomic mass is 32.2. The van der Waals surface area contributed by atoms with Crippen LogP contribution in [0.1, 0.15) is 23.7 Å². The second-order valence-corrected chi connectivity index (χ2v) is 4.91. The lowest BCUT2D eigenvalue weighted by Gasteiger charge is -2.09. The van der Waals surface area contributed by atoms with Crippen molar-refractivity contribution in [2.75, 3.05) is 13.2 Å². The van der Waals surface area contributed by atoms with Crippen LogP contribution >= 0.6 is 11.8 Å². The molecule has 0 fully saturated rings. The second kappa shape index (κ2) is 8.17. The summed E-state index contributed by atoms with van der Waals surface area (Å²) >= 11 is 0.901. The Hall–Kier alpha value is -2.20. The zero-order valence-electron chi connectivity index (χ0n) is 11.8. The van der Waals surface area contributed by atoms with E-state index in [0.717, 1.165) is 11.8 Å². The molecule has 2 N–H and O–H groups in total. The van der Waals surface area contributed by atoms with E-state index in [2.05, 4.69) is 21.0 Å². The van der Waals surface area contributed by atoms with Crippen molar-refractivity contribution in [3.05, 3.63) is 23.0 Å². The zero-order chi connectivity index (χ0) is 15.8. The Labute approximate surface area is 127 Å². The van der Waals surface area contributed by atoms with Gasteiger partial charge >= 0.3 is 5.97 Å². The van der Waals surface area contributed by atoms with Crippen molar-refractivity contribution in [1.29, 1.82) is 0 Å². The average molecular weight is 308 g/mol. The molecule has 7 heteroatoms. The number of terminal acetylenes is 1. The maximum Gasteiger partial charge on any atom is 0.325 e. The van der Waals surface area contributed by atoms with Gasteiger partial charge in [-0.2, -0.15) is 0 Å². The fourth-order valence-electron chi connectivity index (χ4n) is 1.46. The van der Waals surface area contributed by atoms with Gasteiger partial charge in [0.2, 0.25) is 0 Å². The number of hydrogen-bond donors (Lipinski definition) is 2. The number of aromatic nitrogens is 1. The minimum atomic E-state index is -0.502. The van der Waals surface area contributed by atoms with Crippen LogP contribution in [0.15, 0.2) is 6.20 Å². The molecule has 21 heavy (non-hydrogen) atoms. The number of nitrogens with zero attached hydrogens (tertiary/aromatic N) is 1. The molecule has 0 atom stereocenters. The third-order valence-corrected chi connectivity index (χ3v) is 3.37. The van der Waals surface area contributed by atoms with E-state index in [9.17, 15) is 14.7 Å². The first-order valence-electron chi connectivity index (χ1n) is 6.19. The Bertz CT molecular complexity index is 581. The highest BCUT2D eigenvalue weighted by Crippen LogP contribution is 2.27. The van der Waals surface area contributed by atoms with Crippen LogP contribution in [-0.4, -0.2) is 34.5 Å². The van der Waals surface area contributed by atoms with E-state index in [1.807, 2.05) is 0 Å². The minimum Gasteiger partial charge on any atom is -0.506 e. The molecule has 0 spiro atoms. The van der Waals surface area contributed by atoms with Crippen molar-refractivity contribution in [2.24, 2.45) is 0 Å². The van der Waals surface area contributed by atoms with Crippen molar-refractivity contribution in [2.45, 2.75) is 19.6 Å². The molecule has 0 bridgehead atoms. The zero-order valence-corrected chi connectivity index (χ0v) is 12.6. The molecular weight excluding hydrogens is 292 g/mol. The third kappa shape index (κ3) is 5.00. The van der Waals surface area contributed by atoms with E-state index in [0.29, 0.717) is 16.8 Å². The summed E-state index contributed by atoms with van der Waals surface area (Å²) in [4.78, 5) is 26.7. The number of thioether (sulfide) groups is 1. The molecule has 112 valence electrons. The summed E-state index contributed by atoms with van der Waals surface area (Å²) < 4.78 is 4.69. The normalized spacial score (nSPS) is 9.76. The molecule has 0 radical (unpaired) electrons. The highest BCUT2D eigenvalue weighted by molar-refractivity contribution is 8.12. The lowest BCUT2D eigenvalue weighted by Crippen LogP contribution is -2.27. The van der Waals surface area contributed by atoms with Gasteiger partial charge in [-0.3, -0.25) is 14.6 Å². The molecule has 6 nitrogen and oxygen atoms in total. The molecule has 0 saturated heterocycles. The van der Waals surface area contributed by atoms with Gasteiger partial charge in [-0.05, 0) is 13.8 Å². The Morgan fingerprint density at radius 1 is 1.57 bits per heavy atom. The van der Waals surface area contributed by atoms with Crippen molar-refractivity contribution in [3.8, 4) is 18.1 Å². The molecule has 1 aromatic rings. The van der Waals surface area contributed by atoms with Crippen LogP contribution in [0, 0.1) is 19.3 Å². The molecule has 0 aliphatic rings. The maximum atomic E-state index is 11.6. The molecule has 1 rings (SSSR count). The summed E-state index contributed by atoms with van der Waals surface area (Å²) in [7, 11) is 0. The van der Waals surface area contributed by atoms with Crippen LogP contribution in [0.3, 0.4) is 0 Å². The van der Waals surface area contributed by atoms with Gasteiger partial charge in [0.25, 0.3) is 5.24 Å². The van der Waals surface area contributed by atoms with Crippen LogP contribution in [0.25, 0.3) is 0 Å². The van der Waals surface area contributed by atoms with Gasteiger partial charge in [0.15, 0.2) is 0 Å². The SMILES string of the molecule is C#Cc1cnc(C)c(O)c1CSC(=O)NCC(=O)OCC. The second-order valence-electron chi connectivity index (χ2n) is 3.96. The number of hydrogen-bond acceptors (Lipinski definition) is 6. The highest BCUT2D eigenvalue weighted by Gasteiger charge is 2.13. The summed E-state index contributed by atoms with van der Waals surface area (Å²) in [6.45, 7) is 3.40. The summed E-state index contributed by atoms with van der Waals surface area (Å²) in [6.07, 6.45) is 6.81. The van der Waals surface area contributed by atoms with Crippen LogP contribution in [0.4, 0.5) is 4.79 Å². The van der Waals surface area contributed by atoms with E-state index < -0.39 is 11.2 Å². The third-order valence-electron chi connectivity index (χ3n) is 2.53. The predicted octanol–water partition coefficient (Wildman–Crippen LogP) is 1.58. The number of rotatable bonds is 5. The number of pyridine rings is 1. The summed E-state index contributed by atoms with van der Waals surface area (Å²) in [6, 6.07) is 0. The predicted molar refractivity (Wildman–Crippen MR) is 79.9 cm³/mol. The molecule has 0 unspecified atom stereocenters. The standard InChI is InChI=1S/C14H16N2O4S/c1-4-10-6-15-9(3)13(18)11(10)8-21-14(19)16-7-12(17)20-5-2/h1,6,18H,5,7-8H2,2-3H3,(H,16,19). The first-order valence-corrected chi connectivity index (χ1v) is 7.18. The van der Waals surface area contributed by atoms with Gasteiger partial charge < -0.3 is 15.2 Å². The van der Waals surface area contributed by atoms with Gasteiger partial charge in [-0.1, -0.05) is 17.7 Å². The summed E-state index contributed by atoms with van der Waals surface area (Å²) in [5, 5.41) is 11.9. The van der Waals surface area contributed by atoms with Crippen molar-refractivity contribution in [1.82, 2.24) is 10.3 Å². The number of amides is 1. The van der Waals surface area contributed by atoms with Crippen LogP contribution < -0.4 is 5.32 Å². The van der Waals surface area contributed by atoms with Gasteiger partial charge in [-0.15, -0.1) is 6.42 Å². The van der Waals surface area contributed by atoms with Crippen molar-refractivity contribution in [3.63, 3.8) is 0 Å². The smallest absolute Gasteiger partial charge is 0.325 e. The maximum absolute atomic E-state index is 11.6. The van der Waals surface area contributed by atoms with Crippen molar-refractivity contribution >= 4 is 23.0 Å². The van der Waals surface area contributed by atoms with Gasteiger partial charge in [-0.25, -0.2) is 0 Å².